The van der Waals surface area contributed by atoms with Gasteiger partial charge in [-0.05, 0) is 51.6 Å². The maximum atomic E-state index is 13.3. The SMILES string of the molecule is O=C(C(=O)N(CCC1CCCCN1)S(=O)(=O)C(F)(F)F)N(CCC1CCCCN1)S(=O)(=O)C(F)(F)F. The van der Waals surface area contributed by atoms with Crippen molar-refractivity contribution in [2.24, 2.45) is 0 Å². The molecule has 0 aromatic heterocycles. The van der Waals surface area contributed by atoms with Crippen molar-refractivity contribution in [1.82, 2.24) is 19.2 Å². The van der Waals surface area contributed by atoms with Gasteiger partial charge in [0.15, 0.2) is 0 Å². The standard InChI is InChI=1S/C18H28F6N4O6S2/c19-17(20,21)35(31,32)27(11-7-13-5-1-3-9-25-13)15(29)16(30)28(36(33,34)18(22,23)24)12-8-14-6-2-4-10-26-14/h13-14,25-26H,1-12H2. The fraction of sp³-hybridized carbons (Fsp3) is 0.889. The zero-order chi connectivity index (χ0) is 27.4. The van der Waals surface area contributed by atoms with E-state index in [0.29, 0.717) is 38.8 Å². The van der Waals surface area contributed by atoms with E-state index in [1.54, 1.807) is 0 Å². The first-order valence-electron chi connectivity index (χ1n) is 11.2. The lowest BCUT2D eigenvalue weighted by Gasteiger charge is -2.30. The van der Waals surface area contributed by atoms with Crippen LogP contribution in [0.2, 0.25) is 0 Å². The van der Waals surface area contributed by atoms with Crippen molar-refractivity contribution in [2.75, 3.05) is 26.2 Å². The van der Waals surface area contributed by atoms with Crippen molar-refractivity contribution in [2.45, 2.75) is 74.5 Å². The first-order chi connectivity index (χ1) is 16.5. The van der Waals surface area contributed by atoms with Gasteiger partial charge in [0.25, 0.3) is 0 Å². The third-order valence-electron chi connectivity index (χ3n) is 5.99. The van der Waals surface area contributed by atoms with Crippen LogP contribution in [0.4, 0.5) is 26.3 Å². The number of hydrogen-bond donors (Lipinski definition) is 2. The van der Waals surface area contributed by atoms with Gasteiger partial charge >= 0.3 is 42.9 Å². The Morgan fingerprint density at radius 1 is 0.667 bits per heavy atom. The van der Waals surface area contributed by atoms with Crippen LogP contribution in [0.15, 0.2) is 0 Å². The molecule has 0 aromatic rings. The van der Waals surface area contributed by atoms with Gasteiger partial charge in [0.05, 0.1) is 0 Å². The molecule has 2 heterocycles. The van der Waals surface area contributed by atoms with Gasteiger partial charge in [0, 0.05) is 25.2 Å². The normalized spacial score (nSPS) is 22.2. The van der Waals surface area contributed by atoms with Gasteiger partial charge in [0.2, 0.25) is 0 Å². The Morgan fingerprint density at radius 2 is 1.00 bits per heavy atom. The smallest absolute Gasteiger partial charge is 0.314 e. The Balaban J connectivity index is 2.36. The van der Waals surface area contributed by atoms with Crippen LogP contribution in [0.3, 0.4) is 0 Å². The number of hydrogen-bond acceptors (Lipinski definition) is 8. The van der Waals surface area contributed by atoms with Crippen molar-refractivity contribution in [3.63, 3.8) is 0 Å². The molecular weight excluding hydrogens is 546 g/mol. The molecule has 0 saturated carbocycles. The summed E-state index contributed by atoms with van der Waals surface area (Å²) in [6, 6.07) is -1.03. The van der Waals surface area contributed by atoms with Gasteiger partial charge in [0.1, 0.15) is 0 Å². The lowest BCUT2D eigenvalue weighted by Crippen LogP contribution is -2.55. The summed E-state index contributed by atoms with van der Waals surface area (Å²) in [6.45, 7) is -1.44. The second kappa shape index (κ2) is 11.8. The van der Waals surface area contributed by atoms with E-state index in [0.717, 1.165) is 12.8 Å². The fourth-order valence-electron chi connectivity index (χ4n) is 4.01. The molecule has 2 aliphatic heterocycles. The van der Waals surface area contributed by atoms with Crippen LogP contribution in [0.1, 0.15) is 51.4 Å². The maximum Gasteiger partial charge on any atom is 0.516 e. The first kappa shape index (κ1) is 30.6. The first-order valence-corrected chi connectivity index (χ1v) is 14.1. The fourth-order valence-corrected chi connectivity index (χ4v) is 5.80. The van der Waals surface area contributed by atoms with E-state index in [4.69, 9.17) is 0 Å². The Morgan fingerprint density at radius 3 is 1.25 bits per heavy atom. The Labute approximate surface area is 204 Å². The van der Waals surface area contributed by atoms with Crippen molar-refractivity contribution in [3.05, 3.63) is 0 Å². The molecule has 2 atom stereocenters. The van der Waals surface area contributed by atoms with Crippen LogP contribution in [0, 0.1) is 0 Å². The summed E-state index contributed by atoms with van der Waals surface area (Å²) in [5.41, 5.74) is -12.1. The lowest BCUT2D eigenvalue weighted by atomic mass is 10.0. The maximum absolute atomic E-state index is 13.3. The van der Waals surface area contributed by atoms with Crippen LogP contribution in [-0.4, -0.2) is 86.5 Å². The van der Waals surface area contributed by atoms with E-state index in [9.17, 15) is 52.8 Å². The molecule has 2 saturated heterocycles. The Hall–Kier alpha value is -1.66. The molecule has 2 rings (SSSR count). The summed E-state index contributed by atoms with van der Waals surface area (Å²) < 4.78 is 126. The number of sulfonamides is 2. The van der Waals surface area contributed by atoms with Crippen LogP contribution < -0.4 is 10.6 Å². The molecule has 2 aliphatic rings. The summed E-state index contributed by atoms with van der Waals surface area (Å²) in [5, 5.41) is 5.79. The number of alkyl halides is 6. The monoisotopic (exact) mass is 574 g/mol. The molecule has 10 nitrogen and oxygen atoms in total. The Kier molecular flexibility index (Phi) is 10.0. The van der Waals surface area contributed by atoms with E-state index in [1.807, 2.05) is 0 Å². The molecule has 0 aromatic carbocycles. The summed E-state index contributed by atoms with van der Waals surface area (Å²) in [5.74, 6) is -5.07. The van der Waals surface area contributed by atoms with Crippen LogP contribution in [0.5, 0.6) is 0 Å². The predicted octanol–water partition coefficient (Wildman–Crippen LogP) is 1.41. The number of carbonyl (C=O) groups excluding carboxylic acids is 2. The molecule has 2 unspecified atom stereocenters. The highest BCUT2D eigenvalue weighted by molar-refractivity contribution is 7.91. The minimum absolute atomic E-state index is 0.369. The number of nitrogens with one attached hydrogen (secondary N) is 2. The molecule has 2 amide bonds. The van der Waals surface area contributed by atoms with Crippen molar-refractivity contribution in [1.29, 1.82) is 0 Å². The number of piperidine rings is 2. The molecule has 18 heteroatoms. The zero-order valence-electron chi connectivity index (χ0n) is 19.1. The summed E-state index contributed by atoms with van der Waals surface area (Å²) in [7, 11) is -13.0. The van der Waals surface area contributed by atoms with E-state index in [-0.39, 0.29) is 12.8 Å². The number of nitrogens with zero attached hydrogens (tertiary/aromatic N) is 2. The molecule has 0 bridgehead atoms. The highest BCUT2D eigenvalue weighted by atomic mass is 32.2. The quantitative estimate of drug-likeness (QED) is 0.329. The zero-order valence-corrected chi connectivity index (χ0v) is 20.7. The van der Waals surface area contributed by atoms with Gasteiger partial charge < -0.3 is 10.6 Å². The second-order valence-corrected chi connectivity index (χ2v) is 12.2. The average molecular weight is 575 g/mol. The van der Waals surface area contributed by atoms with E-state index in [2.05, 4.69) is 10.6 Å². The third kappa shape index (κ3) is 7.22. The summed E-state index contributed by atoms with van der Waals surface area (Å²) >= 11 is 0. The van der Waals surface area contributed by atoms with Gasteiger partial charge in [-0.2, -0.15) is 43.2 Å². The average Bonchev–Trinajstić information content (AvgIpc) is 2.78. The predicted molar refractivity (Wildman–Crippen MR) is 114 cm³/mol. The van der Waals surface area contributed by atoms with Gasteiger partial charge in [-0.3, -0.25) is 9.59 Å². The number of carbonyl (C=O) groups is 2. The molecule has 0 aliphatic carbocycles. The van der Waals surface area contributed by atoms with Gasteiger partial charge in [-0.15, -0.1) is 0 Å². The van der Waals surface area contributed by atoms with Crippen molar-refractivity contribution >= 4 is 31.9 Å². The van der Waals surface area contributed by atoms with E-state index < -0.39 is 76.7 Å². The van der Waals surface area contributed by atoms with Crippen molar-refractivity contribution < 1.29 is 52.8 Å². The Bertz CT molecular complexity index is 911. The van der Waals surface area contributed by atoms with Crippen LogP contribution in [0.25, 0.3) is 0 Å². The van der Waals surface area contributed by atoms with Gasteiger partial charge in [-0.1, -0.05) is 12.8 Å². The lowest BCUT2D eigenvalue weighted by molar-refractivity contribution is -0.147. The summed E-state index contributed by atoms with van der Waals surface area (Å²) in [4.78, 5) is 25.3. The van der Waals surface area contributed by atoms with Crippen LogP contribution in [-0.2, 0) is 29.6 Å². The molecular formula is C18H28F6N4O6S2. The van der Waals surface area contributed by atoms with Crippen molar-refractivity contribution in [3.8, 4) is 0 Å². The van der Waals surface area contributed by atoms with E-state index in [1.165, 1.54) is 0 Å². The third-order valence-corrected chi connectivity index (χ3v) is 9.01. The topological polar surface area (TPSA) is 133 Å². The van der Waals surface area contributed by atoms with Gasteiger partial charge in [-0.25, -0.2) is 8.61 Å². The van der Waals surface area contributed by atoms with E-state index >= 15 is 0 Å². The molecule has 36 heavy (non-hydrogen) atoms. The number of halogens is 6. The largest absolute Gasteiger partial charge is 0.516 e. The molecule has 210 valence electrons. The number of amides is 2. The number of rotatable bonds is 8. The highest BCUT2D eigenvalue weighted by Crippen LogP contribution is 2.31. The molecule has 0 spiro atoms. The summed E-state index contributed by atoms with van der Waals surface area (Å²) in [6.07, 6.45) is 2.92. The molecule has 0 radical (unpaired) electrons. The molecule has 2 fully saturated rings. The second-order valence-electron chi connectivity index (χ2n) is 8.53. The van der Waals surface area contributed by atoms with Crippen LogP contribution >= 0.6 is 0 Å². The minimum atomic E-state index is -6.51. The molecule has 2 N–H and O–H groups in total. The highest BCUT2D eigenvalue weighted by Gasteiger charge is 2.56. The minimum Gasteiger partial charge on any atom is -0.314 e.